The highest BCUT2D eigenvalue weighted by Gasteiger charge is 2.45. The van der Waals surface area contributed by atoms with E-state index in [9.17, 15) is 27.6 Å². The van der Waals surface area contributed by atoms with Gasteiger partial charge in [0.2, 0.25) is 0 Å². The number of fused-ring (bicyclic) bond motifs is 1. The molecule has 0 spiro atoms. The van der Waals surface area contributed by atoms with Crippen LogP contribution in [0.1, 0.15) is 6.23 Å². The van der Waals surface area contributed by atoms with E-state index >= 15 is 0 Å². The van der Waals surface area contributed by atoms with Crippen molar-refractivity contribution in [2.45, 2.75) is 24.6 Å². The number of aliphatic hydroxyl groups is 2. The van der Waals surface area contributed by atoms with E-state index in [2.05, 4.69) is 23.6 Å². The lowest BCUT2D eigenvalue weighted by Crippen LogP contribution is -2.30. The third-order valence-electron chi connectivity index (χ3n) is 3.59. The van der Waals surface area contributed by atoms with Crippen LogP contribution in [0.2, 0.25) is 0 Å². The first-order chi connectivity index (χ1) is 14.9. The molecule has 1 fully saturated rings. The molecule has 0 saturated carbocycles. The topological polar surface area (TPSA) is 290 Å². The van der Waals surface area contributed by atoms with Gasteiger partial charge < -0.3 is 45.2 Å². The molecule has 0 unspecified atom stereocenters. The maximum Gasteiger partial charge on any atom is 0.490 e. The molecule has 3 rings (SSSR count). The van der Waals surface area contributed by atoms with Crippen LogP contribution in [0, 0.1) is 6.08 Å². The Labute approximate surface area is 180 Å². The van der Waals surface area contributed by atoms with Crippen molar-refractivity contribution in [1.82, 2.24) is 19.5 Å². The van der Waals surface area contributed by atoms with Gasteiger partial charge in [0.15, 0.2) is 29.4 Å². The van der Waals surface area contributed by atoms with Crippen LogP contribution in [-0.2, 0) is 27.1 Å². The number of hydrogen-bond acceptors (Lipinski definition) is 12. The van der Waals surface area contributed by atoms with Gasteiger partial charge in [-0.2, -0.15) is 23.0 Å². The second kappa shape index (κ2) is 10.0. The van der Waals surface area contributed by atoms with Crippen LogP contribution in [0.5, 0.6) is 0 Å². The number of rotatable bonds is 6. The van der Waals surface area contributed by atoms with Gasteiger partial charge in [0.05, 0.1) is 12.9 Å². The number of nitrogens with two attached hydrogens (primary N) is 1. The Morgan fingerprint density at radius 3 is 2.12 bits per heavy atom. The van der Waals surface area contributed by atoms with Crippen LogP contribution in [0.3, 0.4) is 0 Å². The molecule has 3 heterocycles. The summed E-state index contributed by atoms with van der Waals surface area (Å²) in [7, 11) is -16.2. The maximum absolute atomic E-state index is 14.0. The first kappa shape index (κ1) is 27.7. The summed E-state index contributed by atoms with van der Waals surface area (Å²) in [5.74, 6) is -0.182. The summed E-state index contributed by atoms with van der Waals surface area (Å²) < 4.78 is 69.9. The molecule has 0 amide bonds. The third kappa shape index (κ3) is 7.49. The first-order valence-electron chi connectivity index (χ1n) is 8.04. The van der Waals surface area contributed by atoms with Gasteiger partial charge in [0.25, 0.3) is 0 Å². The first-order valence-corrected chi connectivity index (χ1v) is 12.6. The molecule has 2 aromatic rings. The largest absolute Gasteiger partial charge is 0.490 e. The minimum absolute atomic E-state index is 0.0477. The third-order valence-corrected chi connectivity index (χ3v) is 6.94. The highest BCUT2D eigenvalue weighted by atomic mass is 31.3. The summed E-state index contributed by atoms with van der Waals surface area (Å²) in [6.07, 6.45) is -5.57. The van der Waals surface area contributed by atoms with Crippen molar-refractivity contribution in [2.24, 2.45) is 0 Å². The summed E-state index contributed by atoms with van der Waals surface area (Å²) in [6.45, 7) is -0.545. The van der Waals surface area contributed by atoms with Gasteiger partial charge in [0, 0.05) is 0 Å². The Kier molecular flexibility index (Phi) is 8.41. The summed E-state index contributed by atoms with van der Waals surface area (Å²) in [5.41, 5.74) is 5.55. The smallest absolute Gasteiger partial charge is 0.394 e. The molecule has 0 aliphatic carbocycles. The zero-order chi connectivity index (χ0) is 25.4. The molecule has 2 aromatic heterocycles. The second-order valence-electron chi connectivity index (χ2n) is 6.00. The molecule has 1 aliphatic heterocycles. The van der Waals surface area contributed by atoms with Crippen LogP contribution in [0.25, 0.3) is 11.2 Å². The van der Waals surface area contributed by atoms with Crippen molar-refractivity contribution in [3.63, 3.8) is 0 Å². The molecule has 0 radical (unpaired) electrons. The molecular weight excluding hydrogens is 529 g/mol. The number of nitrogens with zero attached hydrogens (tertiary/aromatic N) is 4. The quantitative estimate of drug-likeness (QED) is 0.150. The van der Waals surface area contributed by atoms with Crippen molar-refractivity contribution in [2.75, 3.05) is 12.3 Å². The van der Waals surface area contributed by atoms with Crippen molar-refractivity contribution < 1.29 is 70.5 Å². The molecule has 9 N–H and O–H groups in total. The molecule has 1 saturated heterocycles. The average molecular weight is 545 g/mol. The van der Waals surface area contributed by atoms with Crippen molar-refractivity contribution >= 4 is 40.4 Å². The van der Waals surface area contributed by atoms with Crippen molar-refractivity contribution in [3.8, 4) is 0 Å². The maximum atomic E-state index is 14.0. The van der Waals surface area contributed by atoms with Crippen LogP contribution >= 0.6 is 23.5 Å². The summed E-state index contributed by atoms with van der Waals surface area (Å²) in [4.78, 5) is 50.9. The van der Waals surface area contributed by atoms with Crippen LogP contribution < -0.4 is 5.73 Å². The second-order valence-corrected chi connectivity index (χ2v) is 10.2. The van der Waals surface area contributed by atoms with Gasteiger partial charge in [0.1, 0.15) is 12.2 Å². The molecule has 33 heavy (non-hydrogen) atoms. The molecule has 188 valence electrons. The number of ether oxygens (including phenoxy) is 1. The van der Waals surface area contributed by atoms with Crippen molar-refractivity contribution in [3.05, 3.63) is 12.4 Å². The average Bonchev–Trinajstić information content (AvgIpc) is 3.13. The zero-order valence-electron chi connectivity index (χ0n) is 15.6. The Morgan fingerprint density at radius 2 is 1.67 bits per heavy atom. The number of halogens is 2. The summed E-state index contributed by atoms with van der Waals surface area (Å²) in [5, 5.41) is 18.6. The standard InChI is InChI=1S/C10H11F2N5O3.H5O10P3/c11-4-6(19)3(1-18)20-9(4)17-2-14-5-7(13)15-10(12)16-8(5)17;1-11(2,3)9-13(7,8)10-12(4,5)6/h2-4,6,9,18-19H,1H2,(H2,13,15,16);(H,7,8)(H2,1,2,3)(H2,4,5,6)/t3-,4-,6+,9-;/m1./s1. The molecular formula is C10H16F2N5O13P3. The van der Waals surface area contributed by atoms with Crippen LogP contribution in [0.15, 0.2) is 6.33 Å². The minimum Gasteiger partial charge on any atom is -0.394 e. The van der Waals surface area contributed by atoms with Crippen LogP contribution in [-0.4, -0.2) is 79.2 Å². The Hall–Kier alpha value is -1.50. The molecule has 18 nitrogen and oxygen atoms in total. The minimum atomic E-state index is -5.46. The summed E-state index contributed by atoms with van der Waals surface area (Å²) >= 11 is 0. The fraction of sp³-hybridized carbons (Fsp3) is 0.500. The van der Waals surface area contributed by atoms with E-state index in [4.69, 9.17) is 40.0 Å². The fourth-order valence-corrected chi connectivity index (χ4v) is 5.00. The molecule has 23 heteroatoms. The van der Waals surface area contributed by atoms with Crippen LogP contribution in [0.4, 0.5) is 14.6 Å². The van der Waals surface area contributed by atoms with Gasteiger partial charge in [-0.05, 0) is 0 Å². The molecule has 0 aromatic carbocycles. The van der Waals surface area contributed by atoms with Gasteiger partial charge >= 0.3 is 29.5 Å². The lowest BCUT2D eigenvalue weighted by Gasteiger charge is -2.14. The molecule has 1 aliphatic rings. The SMILES string of the molecule is Nc1nc(F)nc2c1ncn2[C@@H]1O[C@H](CO)[C@H](O)[C@H]1F.O=P(O)(O)OP(=O)(O)OP(=O)(O)O. The number of aromatic nitrogens is 4. The number of imidazole rings is 1. The van der Waals surface area contributed by atoms with Gasteiger partial charge in [-0.1, -0.05) is 0 Å². The number of alkyl halides is 1. The van der Waals surface area contributed by atoms with Gasteiger partial charge in [-0.3, -0.25) is 4.57 Å². The van der Waals surface area contributed by atoms with E-state index in [-0.39, 0.29) is 17.0 Å². The number of aliphatic hydroxyl groups excluding tert-OH is 2. The van der Waals surface area contributed by atoms with Gasteiger partial charge in [-0.25, -0.2) is 23.1 Å². The van der Waals surface area contributed by atoms with E-state index in [1.165, 1.54) is 6.33 Å². The Balaban J connectivity index is 0.000000260. The predicted molar refractivity (Wildman–Crippen MR) is 97.7 cm³/mol. The Morgan fingerprint density at radius 1 is 1.12 bits per heavy atom. The highest BCUT2D eigenvalue weighted by Crippen LogP contribution is 2.64. The Bertz CT molecular complexity index is 1110. The predicted octanol–water partition coefficient (Wildman–Crippen LogP) is -1.56. The summed E-state index contributed by atoms with van der Waals surface area (Å²) in [6, 6.07) is 0. The fourth-order valence-electron chi connectivity index (χ4n) is 2.46. The van der Waals surface area contributed by atoms with E-state index in [0.29, 0.717) is 0 Å². The van der Waals surface area contributed by atoms with E-state index in [1.54, 1.807) is 0 Å². The highest BCUT2D eigenvalue weighted by molar-refractivity contribution is 7.66. The van der Waals surface area contributed by atoms with Gasteiger partial charge in [-0.15, -0.1) is 0 Å². The number of phosphoric acid groups is 3. The molecule has 4 atom stereocenters. The number of hydrogen-bond donors (Lipinski definition) is 8. The normalized spacial score (nSPS) is 24.0. The van der Waals surface area contributed by atoms with E-state index in [0.717, 1.165) is 4.57 Å². The van der Waals surface area contributed by atoms with Crippen molar-refractivity contribution in [1.29, 1.82) is 0 Å². The lowest BCUT2D eigenvalue weighted by molar-refractivity contribution is -0.0459. The molecule has 0 bridgehead atoms. The van der Waals surface area contributed by atoms with E-state index < -0.39 is 60.8 Å². The number of nitrogen functional groups attached to an aromatic ring is 1. The zero-order valence-corrected chi connectivity index (χ0v) is 18.3. The van der Waals surface area contributed by atoms with E-state index in [1.807, 2.05) is 0 Å². The monoisotopic (exact) mass is 545 g/mol. The lowest BCUT2D eigenvalue weighted by atomic mass is 10.1. The number of anilines is 1.